The number of aromatic nitrogens is 4. The Bertz CT molecular complexity index is 1220. The second kappa shape index (κ2) is 8.70. The number of aromatic amines is 1. The van der Waals surface area contributed by atoms with Gasteiger partial charge in [-0.3, -0.25) is 14.6 Å². The van der Waals surface area contributed by atoms with E-state index < -0.39 is 0 Å². The van der Waals surface area contributed by atoms with Gasteiger partial charge >= 0.3 is 0 Å². The first-order chi connectivity index (χ1) is 14.6. The van der Waals surface area contributed by atoms with E-state index in [1.54, 1.807) is 24.3 Å². The number of nitrogens with two attached hydrogens (primary N) is 1. The lowest BCUT2D eigenvalue weighted by molar-refractivity contribution is -0.113. The standard InChI is InChI=1S/C20H18N6O3S/c21-16-10-17(27)23-19-24-25-20(26(16)19)30-12-18(28)22-14-6-8-15(9-7-14)29-11-13-4-2-1-3-5-13/h1-10H,11-12,21H2,(H,22,28)(H,23,24,27). The van der Waals surface area contributed by atoms with Crippen LogP contribution in [0.4, 0.5) is 11.5 Å². The van der Waals surface area contributed by atoms with Crippen molar-refractivity contribution < 1.29 is 9.53 Å². The van der Waals surface area contributed by atoms with Crippen LogP contribution in [0.1, 0.15) is 5.56 Å². The molecule has 2 aromatic carbocycles. The smallest absolute Gasteiger partial charge is 0.254 e. The number of ether oxygens (including phenoxy) is 1. The van der Waals surface area contributed by atoms with Crippen molar-refractivity contribution in [1.82, 2.24) is 19.6 Å². The van der Waals surface area contributed by atoms with Gasteiger partial charge in [-0.25, -0.2) is 4.40 Å². The molecule has 2 heterocycles. The van der Waals surface area contributed by atoms with Crippen LogP contribution in [0.15, 0.2) is 70.6 Å². The molecule has 2 aromatic heterocycles. The molecular formula is C20H18N6O3S. The van der Waals surface area contributed by atoms with Crippen molar-refractivity contribution in [2.75, 3.05) is 16.8 Å². The number of amides is 1. The quantitative estimate of drug-likeness (QED) is 0.390. The predicted octanol–water partition coefficient (Wildman–Crippen LogP) is 2.31. The van der Waals surface area contributed by atoms with Gasteiger partial charge in [-0.2, -0.15) is 0 Å². The lowest BCUT2D eigenvalue weighted by Gasteiger charge is -2.08. The van der Waals surface area contributed by atoms with Crippen molar-refractivity contribution in [3.05, 3.63) is 76.6 Å². The lowest BCUT2D eigenvalue weighted by Crippen LogP contribution is -2.15. The summed E-state index contributed by atoms with van der Waals surface area (Å²) in [6, 6.07) is 18.3. The Kier molecular flexibility index (Phi) is 5.66. The van der Waals surface area contributed by atoms with Gasteiger partial charge in [0.25, 0.3) is 5.56 Å². The molecule has 0 saturated heterocycles. The van der Waals surface area contributed by atoms with Crippen molar-refractivity contribution in [2.24, 2.45) is 0 Å². The third-order valence-electron chi connectivity index (χ3n) is 4.12. The molecule has 0 atom stereocenters. The zero-order valence-electron chi connectivity index (χ0n) is 15.7. The van der Waals surface area contributed by atoms with Crippen LogP contribution in [0.2, 0.25) is 0 Å². The Labute approximate surface area is 175 Å². The van der Waals surface area contributed by atoms with E-state index in [9.17, 15) is 9.59 Å². The van der Waals surface area contributed by atoms with Crippen LogP contribution < -0.4 is 21.3 Å². The molecule has 30 heavy (non-hydrogen) atoms. The number of hydrogen-bond donors (Lipinski definition) is 3. The van der Waals surface area contributed by atoms with Gasteiger partial charge in [0.15, 0.2) is 5.16 Å². The van der Waals surface area contributed by atoms with Crippen LogP contribution in [0.3, 0.4) is 0 Å². The maximum Gasteiger partial charge on any atom is 0.254 e. The molecule has 0 spiro atoms. The van der Waals surface area contributed by atoms with Crippen LogP contribution in [0.25, 0.3) is 5.78 Å². The summed E-state index contributed by atoms with van der Waals surface area (Å²) < 4.78 is 7.22. The minimum absolute atomic E-state index is 0.103. The molecule has 1 amide bonds. The number of carbonyl (C=O) groups is 1. The minimum atomic E-state index is -0.363. The van der Waals surface area contributed by atoms with Gasteiger partial charge < -0.3 is 15.8 Å². The number of nitrogens with one attached hydrogen (secondary N) is 2. The van der Waals surface area contributed by atoms with Crippen LogP contribution in [0.5, 0.6) is 5.75 Å². The number of nitrogens with zero attached hydrogens (tertiary/aromatic N) is 3. The second-order valence-corrected chi connectivity index (χ2v) is 7.28. The summed E-state index contributed by atoms with van der Waals surface area (Å²) in [7, 11) is 0. The molecule has 0 aliphatic rings. The molecule has 0 saturated carbocycles. The summed E-state index contributed by atoms with van der Waals surface area (Å²) in [5.74, 6) is 1.04. The molecule has 9 nitrogen and oxygen atoms in total. The van der Waals surface area contributed by atoms with Crippen molar-refractivity contribution in [1.29, 1.82) is 0 Å². The van der Waals surface area contributed by atoms with Crippen LogP contribution >= 0.6 is 11.8 Å². The number of anilines is 2. The Morgan fingerprint density at radius 3 is 2.67 bits per heavy atom. The number of fused-ring (bicyclic) bond motifs is 1. The molecule has 0 bridgehead atoms. The molecule has 0 radical (unpaired) electrons. The van der Waals surface area contributed by atoms with Crippen molar-refractivity contribution in [3.63, 3.8) is 0 Å². The molecule has 0 aliphatic heterocycles. The van der Waals surface area contributed by atoms with Crippen LogP contribution in [-0.2, 0) is 11.4 Å². The highest BCUT2D eigenvalue weighted by molar-refractivity contribution is 7.99. The van der Waals surface area contributed by atoms with Crippen LogP contribution in [-0.4, -0.2) is 31.2 Å². The highest BCUT2D eigenvalue weighted by Crippen LogP contribution is 2.20. The number of benzene rings is 2. The van der Waals surface area contributed by atoms with Gasteiger partial charge in [0.05, 0.1) is 5.75 Å². The Morgan fingerprint density at radius 1 is 1.13 bits per heavy atom. The third kappa shape index (κ3) is 4.61. The fourth-order valence-electron chi connectivity index (χ4n) is 2.72. The summed E-state index contributed by atoms with van der Waals surface area (Å²) in [4.78, 5) is 26.2. The van der Waals surface area contributed by atoms with Crippen LogP contribution in [0, 0.1) is 0 Å². The van der Waals surface area contributed by atoms with E-state index in [2.05, 4.69) is 20.5 Å². The van der Waals surface area contributed by atoms with E-state index in [0.717, 1.165) is 17.3 Å². The second-order valence-electron chi connectivity index (χ2n) is 6.34. The average molecular weight is 422 g/mol. The SMILES string of the molecule is Nc1cc(=O)[nH]c2nnc(SCC(=O)Nc3ccc(OCc4ccccc4)cc3)n12. The van der Waals surface area contributed by atoms with E-state index in [1.165, 1.54) is 10.5 Å². The van der Waals surface area contributed by atoms with Gasteiger partial charge in [0.2, 0.25) is 11.7 Å². The molecule has 4 N–H and O–H groups in total. The molecule has 4 aromatic rings. The molecule has 0 fully saturated rings. The number of hydrogen-bond acceptors (Lipinski definition) is 7. The fourth-order valence-corrected chi connectivity index (χ4v) is 3.48. The van der Waals surface area contributed by atoms with E-state index >= 15 is 0 Å². The predicted molar refractivity (Wildman–Crippen MR) is 115 cm³/mol. The largest absolute Gasteiger partial charge is 0.489 e. The van der Waals surface area contributed by atoms with Gasteiger partial charge in [-0.1, -0.05) is 42.1 Å². The molecular weight excluding hydrogens is 404 g/mol. The Morgan fingerprint density at radius 2 is 1.90 bits per heavy atom. The Hall–Kier alpha value is -3.79. The van der Waals surface area contributed by atoms with Gasteiger partial charge in [-0.05, 0) is 29.8 Å². The molecule has 4 rings (SSSR count). The number of rotatable bonds is 7. The van der Waals surface area contributed by atoms with E-state index in [4.69, 9.17) is 10.5 Å². The molecule has 10 heteroatoms. The van der Waals surface area contributed by atoms with E-state index in [1.807, 2.05) is 30.3 Å². The molecule has 0 aliphatic carbocycles. The van der Waals surface area contributed by atoms with Crippen molar-refractivity contribution in [2.45, 2.75) is 11.8 Å². The zero-order chi connectivity index (χ0) is 20.9. The lowest BCUT2D eigenvalue weighted by atomic mass is 10.2. The topological polar surface area (TPSA) is 127 Å². The normalized spacial score (nSPS) is 10.8. The summed E-state index contributed by atoms with van der Waals surface area (Å²) >= 11 is 1.16. The Balaban J connectivity index is 1.31. The van der Waals surface area contributed by atoms with E-state index in [0.29, 0.717) is 23.2 Å². The summed E-state index contributed by atoms with van der Waals surface area (Å²) in [5, 5.41) is 11.1. The van der Waals surface area contributed by atoms with Crippen molar-refractivity contribution in [3.8, 4) is 5.75 Å². The number of carbonyl (C=O) groups excluding carboxylic acids is 1. The summed E-state index contributed by atoms with van der Waals surface area (Å²) in [6.45, 7) is 0.476. The summed E-state index contributed by atoms with van der Waals surface area (Å²) in [5.41, 5.74) is 7.22. The fraction of sp³-hybridized carbons (Fsp3) is 0.100. The minimum Gasteiger partial charge on any atom is -0.489 e. The first-order valence-electron chi connectivity index (χ1n) is 9.02. The van der Waals surface area contributed by atoms with Gasteiger partial charge in [0, 0.05) is 11.8 Å². The number of thioether (sulfide) groups is 1. The average Bonchev–Trinajstić information content (AvgIpc) is 3.15. The van der Waals surface area contributed by atoms with Gasteiger partial charge in [0.1, 0.15) is 18.2 Å². The number of H-pyrrole nitrogens is 1. The maximum atomic E-state index is 12.3. The first kappa shape index (κ1) is 19.5. The zero-order valence-corrected chi connectivity index (χ0v) is 16.6. The van der Waals surface area contributed by atoms with E-state index in [-0.39, 0.29) is 28.8 Å². The monoisotopic (exact) mass is 422 g/mol. The molecule has 152 valence electrons. The first-order valence-corrected chi connectivity index (χ1v) is 10.0. The van der Waals surface area contributed by atoms with Gasteiger partial charge in [-0.15, -0.1) is 10.2 Å². The highest BCUT2D eigenvalue weighted by Gasteiger charge is 2.12. The summed E-state index contributed by atoms with van der Waals surface area (Å²) in [6.07, 6.45) is 0. The molecule has 0 unspecified atom stereocenters. The maximum absolute atomic E-state index is 12.3. The van der Waals surface area contributed by atoms with Crippen molar-refractivity contribution >= 4 is 35.0 Å². The third-order valence-corrected chi connectivity index (χ3v) is 5.05. The highest BCUT2D eigenvalue weighted by atomic mass is 32.2. The number of nitrogen functional groups attached to an aromatic ring is 1.